The van der Waals surface area contributed by atoms with Crippen molar-refractivity contribution in [3.05, 3.63) is 35.9 Å². The lowest BCUT2D eigenvalue weighted by Crippen LogP contribution is -2.42. The highest BCUT2D eigenvalue weighted by Gasteiger charge is 2.60. The number of fused-ring (bicyclic) bond motifs is 1. The summed E-state index contributed by atoms with van der Waals surface area (Å²) in [5.41, 5.74) is 1.21. The van der Waals surface area contributed by atoms with E-state index >= 15 is 0 Å². The molecule has 2 aliphatic heterocycles. The lowest BCUT2D eigenvalue weighted by atomic mass is 9.85. The maximum absolute atomic E-state index is 12.7. The Balaban J connectivity index is 2.09. The van der Waals surface area contributed by atoms with Gasteiger partial charge < -0.3 is 14.6 Å². The largest absolute Gasteiger partial charge is 0.504 e. The molecule has 2 amide bonds. The van der Waals surface area contributed by atoms with Crippen molar-refractivity contribution in [3.8, 4) is 11.5 Å². The molecule has 1 aromatic carbocycles. The van der Waals surface area contributed by atoms with Gasteiger partial charge in [0.2, 0.25) is 11.8 Å². The van der Waals surface area contributed by atoms with Crippen LogP contribution < -0.4 is 10.1 Å². The van der Waals surface area contributed by atoms with Crippen molar-refractivity contribution >= 4 is 17.8 Å². The number of carbonyl (C=O) groups excluding carboxylic acids is 3. The van der Waals surface area contributed by atoms with Crippen LogP contribution in [0.4, 0.5) is 0 Å². The van der Waals surface area contributed by atoms with Gasteiger partial charge in [-0.2, -0.15) is 0 Å². The first kappa shape index (κ1) is 18.9. The SMILES string of the molecule is C=CCc1cc([C@H]2N[C@@H](C(=O)OC)[C@H]3C(=O)N(C)C(=O)[C@H]32)cc(OC)c1O. The van der Waals surface area contributed by atoms with Crippen LogP contribution in [0.5, 0.6) is 11.5 Å². The third-order valence-electron chi connectivity index (χ3n) is 5.27. The Hall–Kier alpha value is -2.87. The van der Waals surface area contributed by atoms with E-state index in [2.05, 4.69) is 11.9 Å². The van der Waals surface area contributed by atoms with Gasteiger partial charge in [0.05, 0.1) is 26.1 Å². The van der Waals surface area contributed by atoms with Crippen LogP contribution in [-0.2, 0) is 25.5 Å². The molecule has 8 heteroatoms. The predicted molar refractivity (Wildman–Crippen MR) is 95.0 cm³/mol. The molecule has 0 bridgehead atoms. The predicted octanol–water partition coefficient (Wildman–Crippen LogP) is 0.546. The van der Waals surface area contributed by atoms with Gasteiger partial charge in [-0.3, -0.25) is 24.6 Å². The van der Waals surface area contributed by atoms with Gasteiger partial charge in [0.15, 0.2) is 11.5 Å². The number of rotatable bonds is 5. The number of esters is 1. The van der Waals surface area contributed by atoms with Gasteiger partial charge in [-0.25, -0.2) is 0 Å². The summed E-state index contributed by atoms with van der Waals surface area (Å²) in [5.74, 6) is -2.69. The van der Waals surface area contributed by atoms with Gasteiger partial charge in [-0.1, -0.05) is 6.08 Å². The average molecular weight is 374 g/mol. The zero-order valence-corrected chi connectivity index (χ0v) is 15.4. The van der Waals surface area contributed by atoms with Gasteiger partial charge >= 0.3 is 5.97 Å². The van der Waals surface area contributed by atoms with Crippen LogP contribution in [0.25, 0.3) is 0 Å². The number of phenolic OH excluding ortho intramolecular Hbond substituents is 1. The molecule has 4 atom stereocenters. The topological polar surface area (TPSA) is 105 Å². The molecule has 2 N–H and O–H groups in total. The van der Waals surface area contributed by atoms with E-state index in [1.54, 1.807) is 18.2 Å². The fourth-order valence-corrected chi connectivity index (χ4v) is 3.94. The van der Waals surface area contributed by atoms with Crippen LogP contribution in [0.15, 0.2) is 24.8 Å². The smallest absolute Gasteiger partial charge is 0.323 e. The summed E-state index contributed by atoms with van der Waals surface area (Å²) in [7, 11) is 4.08. The van der Waals surface area contributed by atoms with E-state index < -0.39 is 35.8 Å². The van der Waals surface area contributed by atoms with Crippen LogP contribution >= 0.6 is 0 Å². The maximum Gasteiger partial charge on any atom is 0.323 e. The van der Waals surface area contributed by atoms with E-state index in [1.807, 2.05) is 0 Å². The summed E-state index contributed by atoms with van der Waals surface area (Å²) in [5, 5.41) is 13.4. The lowest BCUT2D eigenvalue weighted by Gasteiger charge is -2.21. The van der Waals surface area contributed by atoms with E-state index in [1.165, 1.54) is 21.3 Å². The Morgan fingerprint density at radius 1 is 1.30 bits per heavy atom. The monoisotopic (exact) mass is 374 g/mol. The molecule has 2 heterocycles. The number of hydrogen-bond donors (Lipinski definition) is 2. The highest BCUT2D eigenvalue weighted by molar-refractivity contribution is 6.08. The summed E-state index contributed by atoms with van der Waals surface area (Å²) in [4.78, 5) is 38.5. The minimum Gasteiger partial charge on any atom is -0.504 e. The minimum absolute atomic E-state index is 0.00819. The number of allylic oxidation sites excluding steroid dienone is 1. The standard InChI is InChI=1S/C19H22N2O6/c1-5-6-9-7-10(8-11(26-3)16(9)22)14-12-13(15(20-14)19(25)27-4)18(24)21(2)17(12)23/h5,7-8,12-15,20,22H,1,6H2,2-4H3/t12-,13+,14-,15-/m1/s1. The molecule has 2 saturated heterocycles. The first-order valence-electron chi connectivity index (χ1n) is 8.51. The summed E-state index contributed by atoms with van der Waals surface area (Å²) in [6.07, 6.45) is 2.03. The summed E-state index contributed by atoms with van der Waals surface area (Å²) >= 11 is 0. The van der Waals surface area contributed by atoms with Crippen molar-refractivity contribution in [2.24, 2.45) is 11.8 Å². The average Bonchev–Trinajstić information content (AvgIpc) is 3.16. The molecule has 3 rings (SSSR count). The van der Waals surface area contributed by atoms with Crippen LogP contribution in [0.2, 0.25) is 0 Å². The molecule has 2 fully saturated rings. The van der Waals surface area contributed by atoms with E-state index in [0.717, 1.165) is 4.90 Å². The van der Waals surface area contributed by atoms with Crippen molar-refractivity contribution in [2.45, 2.75) is 18.5 Å². The number of methoxy groups -OCH3 is 2. The van der Waals surface area contributed by atoms with Crippen molar-refractivity contribution in [2.75, 3.05) is 21.3 Å². The lowest BCUT2D eigenvalue weighted by molar-refractivity contribution is -0.147. The molecule has 144 valence electrons. The Labute approximate surface area is 156 Å². The molecular weight excluding hydrogens is 352 g/mol. The summed E-state index contributed by atoms with van der Waals surface area (Å²) in [6, 6.07) is 1.81. The number of amides is 2. The second-order valence-electron chi connectivity index (χ2n) is 6.66. The molecule has 8 nitrogen and oxygen atoms in total. The molecule has 1 aromatic rings. The zero-order valence-electron chi connectivity index (χ0n) is 15.4. The number of likely N-dealkylation sites (tertiary alicyclic amines) is 1. The number of benzene rings is 1. The number of nitrogens with zero attached hydrogens (tertiary/aromatic N) is 1. The van der Waals surface area contributed by atoms with Crippen LogP contribution in [-0.4, -0.2) is 55.1 Å². The Kier molecular flexibility index (Phi) is 4.93. The molecule has 27 heavy (non-hydrogen) atoms. The Bertz CT molecular complexity index is 821. The highest BCUT2D eigenvalue weighted by Crippen LogP contribution is 2.45. The maximum atomic E-state index is 12.7. The third-order valence-corrected chi connectivity index (χ3v) is 5.27. The van der Waals surface area contributed by atoms with Crippen LogP contribution in [0, 0.1) is 11.8 Å². The molecule has 0 aliphatic carbocycles. The Morgan fingerprint density at radius 3 is 2.56 bits per heavy atom. The van der Waals surface area contributed by atoms with Crippen molar-refractivity contribution < 1.29 is 29.0 Å². The second-order valence-corrected chi connectivity index (χ2v) is 6.66. The van der Waals surface area contributed by atoms with E-state index in [0.29, 0.717) is 17.5 Å². The number of nitrogens with one attached hydrogen (secondary N) is 1. The third kappa shape index (κ3) is 2.86. The second kappa shape index (κ2) is 7.03. The minimum atomic E-state index is -0.922. The van der Waals surface area contributed by atoms with E-state index in [-0.39, 0.29) is 17.4 Å². The first-order chi connectivity index (χ1) is 12.8. The molecule has 0 spiro atoms. The van der Waals surface area contributed by atoms with Crippen LogP contribution in [0.1, 0.15) is 17.2 Å². The number of carbonyl (C=O) groups is 3. The van der Waals surface area contributed by atoms with Crippen LogP contribution in [0.3, 0.4) is 0 Å². The molecule has 0 aromatic heterocycles. The fourth-order valence-electron chi connectivity index (χ4n) is 3.94. The summed E-state index contributed by atoms with van der Waals surface area (Å²) in [6.45, 7) is 3.68. The van der Waals surface area contributed by atoms with Gasteiger partial charge in [0, 0.05) is 18.7 Å². The van der Waals surface area contributed by atoms with Crippen molar-refractivity contribution in [1.29, 1.82) is 0 Å². The first-order valence-corrected chi connectivity index (χ1v) is 8.51. The number of imide groups is 1. The van der Waals surface area contributed by atoms with Gasteiger partial charge in [-0.15, -0.1) is 6.58 Å². The summed E-state index contributed by atoms with van der Waals surface area (Å²) < 4.78 is 10.1. The normalized spacial score (nSPS) is 26.9. The highest BCUT2D eigenvalue weighted by atomic mass is 16.5. The number of hydrogen-bond acceptors (Lipinski definition) is 7. The zero-order chi connectivity index (χ0) is 19.9. The molecule has 0 unspecified atom stereocenters. The quantitative estimate of drug-likeness (QED) is 0.440. The molecular formula is C19H22N2O6. The van der Waals surface area contributed by atoms with Gasteiger partial charge in [-0.05, 0) is 24.1 Å². The number of phenols is 1. The molecule has 0 radical (unpaired) electrons. The Morgan fingerprint density at radius 2 is 1.96 bits per heavy atom. The number of ether oxygens (including phenoxy) is 2. The van der Waals surface area contributed by atoms with E-state index in [9.17, 15) is 19.5 Å². The molecule has 2 aliphatic rings. The van der Waals surface area contributed by atoms with Crippen molar-refractivity contribution in [3.63, 3.8) is 0 Å². The number of aromatic hydroxyl groups is 1. The fraction of sp³-hybridized carbons (Fsp3) is 0.421. The van der Waals surface area contributed by atoms with Crippen molar-refractivity contribution in [1.82, 2.24) is 10.2 Å². The van der Waals surface area contributed by atoms with Gasteiger partial charge in [0.25, 0.3) is 0 Å². The molecule has 0 saturated carbocycles. The van der Waals surface area contributed by atoms with Gasteiger partial charge in [0.1, 0.15) is 6.04 Å². The van der Waals surface area contributed by atoms with E-state index in [4.69, 9.17) is 9.47 Å².